The number of anilines is 4. The molecular formula is C27H37N7O3. The first kappa shape index (κ1) is 25.6. The molecule has 5 heterocycles. The maximum absolute atomic E-state index is 9.17. The number of fused-ring (bicyclic) bond motifs is 1. The molecule has 2 N–H and O–H groups in total. The highest BCUT2D eigenvalue weighted by atomic mass is 16.5. The molecule has 0 unspecified atom stereocenters. The Bertz CT molecular complexity index is 1220. The van der Waals surface area contributed by atoms with Crippen LogP contribution < -0.4 is 15.1 Å². The normalized spacial score (nSPS) is 21.9. The lowest BCUT2D eigenvalue weighted by atomic mass is 9.97. The number of methoxy groups -OCH3 is 1. The van der Waals surface area contributed by atoms with Gasteiger partial charge in [0.05, 0.1) is 19.3 Å². The van der Waals surface area contributed by atoms with Crippen LogP contribution in [0.3, 0.4) is 0 Å². The monoisotopic (exact) mass is 507 g/mol. The van der Waals surface area contributed by atoms with Gasteiger partial charge in [0.1, 0.15) is 23.6 Å². The predicted octanol–water partition coefficient (Wildman–Crippen LogP) is 3.49. The molecule has 2 fully saturated rings. The van der Waals surface area contributed by atoms with E-state index in [1.165, 1.54) is 12.0 Å². The third-order valence-corrected chi connectivity index (χ3v) is 7.40. The van der Waals surface area contributed by atoms with Crippen LogP contribution in [0.1, 0.15) is 45.1 Å². The van der Waals surface area contributed by atoms with Gasteiger partial charge in [0.2, 0.25) is 5.95 Å². The first-order valence-electron chi connectivity index (χ1n) is 13.1. The van der Waals surface area contributed by atoms with Crippen LogP contribution in [0.25, 0.3) is 10.8 Å². The van der Waals surface area contributed by atoms with Crippen molar-refractivity contribution in [3.63, 3.8) is 0 Å². The first-order chi connectivity index (χ1) is 18.0. The summed E-state index contributed by atoms with van der Waals surface area (Å²) in [5.41, 5.74) is 1.20. The first-order valence-corrected chi connectivity index (χ1v) is 13.1. The largest absolute Gasteiger partial charge is 0.394 e. The van der Waals surface area contributed by atoms with Gasteiger partial charge in [0, 0.05) is 56.8 Å². The van der Waals surface area contributed by atoms with E-state index in [0.29, 0.717) is 30.3 Å². The second-order valence-electron chi connectivity index (χ2n) is 10.1. The minimum absolute atomic E-state index is 0.0142. The van der Waals surface area contributed by atoms with Gasteiger partial charge >= 0.3 is 0 Å². The zero-order valence-corrected chi connectivity index (χ0v) is 22.1. The lowest BCUT2D eigenvalue weighted by Crippen LogP contribution is -2.49. The Morgan fingerprint density at radius 2 is 1.95 bits per heavy atom. The molecule has 5 rings (SSSR count). The average molecular weight is 508 g/mol. The maximum atomic E-state index is 9.17. The number of nitrogens with zero attached hydrogens (tertiary/aromatic N) is 6. The number of aromatic nitrogens is 4. The molecule has 2 aliphatic heterocycles. The Hall–Kier alpha value is -3.08. The van der Waals surface area contributed by atoms with Crippen LogP contribution in [0.5, 0.6) is 0 Å². The van der Waals surface area contributed by atoms with E-state index < -0.39 is 0 Å². The summed E-state index contributed by atoms with van der Waals surface area (Å²) in [6.07, 6.45) is 7.51. The summed E-state index contributed by atoms with van der Waals surface area (Å²) in [4.78, 5) is 23.3. The third kappa shape index (κ3) is 5.32. The van der Waals surface area contributed by atoms with E-state index in [-0.39, 0.29) is 25.4 Å². The van der Waals surface area contributed by atoms with Crippen molar-refractivity contribution in [2.45, 2.75) is 57.8 Å². The van der Waals surface area contributed by atoms with Crippen LogP contribution in [-0.2, 0) is 9.47 Å². The molecule has 3 aromatic rings. The summed E-state index contributed by atoms with van der Waals surface area (Å²) in [6.45, 7) is 9.27. The zero-order chi connectivity index (χ0) is 25.9. The number of hydrogen-bond acceptors (Lipinski definition) is 10. The number of ether oxygens (including phenoxy) is 2. The standard InChI is InChI=1S/C27H37N7O3/c1-17(2)20-14-30-26(34-10-6-18(34)3)21-15-29-25(13-19(20)21)31-24-5-8-28-27(32-24)33-9-7-22(36-4)23(16-33)37-12-11-35/h5,8,13-15,17-18,22-23,35H,6-7,9-12,16H2,1-4H3,(H,28,29,31,32)/t18-,22+,23-/m1/s1. The number of nitrogens with one attached hydrogen (secondary N) is 1. The van der Waals surface area contributed by atoms with Crippen LogP contribution in [0, 0.1) is 0 Å². The Morgan fingerprint density at radius 3 is 2.65 bits per heavy atom. The number of pyridine rings is 2. The maximum Gasteiger partial charge on any atom is 0.227 e. The van der Waals surface area contributed by atoms with Crippen molar-refractivity contribution >= 4 is 34.2 Å². The molecule has 0 bridgehead atoms. The molecule has 198 valence electrons. The highest BCUT2D eigenvalue weighted by molar-refractivity contribution is 5.96. The van der Waals surface area contributed by atoms with E-state index in [2.05, 4.69) is 46.9 Å². The fourth-order valence-corrected chi connectivity index (χ4v) is 5.14. The Balaban J connectivity index is 1.38. The highest BCUT2D eigenvalue weighted by Gasteiger charge is 2.31. The topological polar surface area (TPSA) is 109 Å². The van der Waals surface area contributed by atoms with Gasteiger partial charge in [-0.3, -0.25) is 0 Å². The second kappa shape index (κ2) is 11.1. The summed E-state index contributed by atoms with van der Waals surface area (Å²) in [5.74, 6) is 3.39. The fraction of sp³-hybridized carbons (Fsp3) is 0.556. The number of aliphatic hydroxyl groups is 1. The summed E-state index contributed by atoms with van der Waals surface area (Å²) < 4.78 is 11.4. The SMILES string of the molecule is CO[C@H]1CCN(c2nccc(Nc3cc4c(C(C)C)cnc(N5CC[C@H]5C)c4cn3)n2)C[C@H]1OCCO. The summed E-state index contributed by atoms with van der Waals surface area (Å²) in [6, 6.07) is 4.45. The number of piperidine rings is 1. The van der Waals surface area contributed by atoms with E-state index in [1.807, 2.05) is 18.5 Å². The summed E-state index contributed by atoms with van der Waals surface area (Å²) >= 11 is 0. The highest BCUT2D eigenvalue weighted by Crippen LogP contribution is 2.35. The van der Waals surface area contributed by atoms with Crippen molar-refractivity contribution < 1.29 is 14.6 Å². The molecule has 0 aromatic carbocycles. The van der Waals surface area contributed by atoms with Gasteiger partial charge in [-0.05, 0) is 48.8 Å². The van der Waals surface area contributed by atoms with Crippen molar-refractivity contribution in [3.8, 4) is 0 Å². The molecule has 3 aromatic heterocycles. The Kier molecular flexibility index (Phi) is 7.68. The molecule has 10 heteroatoms. The third-order valence-electron chi connectivity index (χ3n) is 7.40. The molecule has 10 nitrogen and oxygen atoms in total. The minimum atomic E-state index is -0.153. The molecule has 2 aliphatic rings. The molecular weight excluding hydrogens is 470 g/mol. The molecule has 0 saturated carbocycles. The van der Waals surface area contributed by atoms with Gasteiger partial charge in [-0.25, -0.2) is 15.0 Å². The Labute approximate surface area is 218 Å². The predicted molar refractivity (Wildman–Crippen MR) is 145 cm³/mol. The van der Waals surface area contributed by atoms with Crippen LogP contribution in [-0.4, -0.2) is 83.3 Å². The zero-order valence-electron chi connectivity index (χ0n) is 22.1. The Morgan fingerprint density at radius 1 is 1.08 bits per heavy atom. The van der Waals surface area contributed by atoms with E-state index in [4.69, 9.17) is 24.4 Å². The lowest BCUT2D eigenvalue weighted by Gasteiger charge is -2.40. The summed E-state index contributed by atoms with van der Waals surface area (Å²) in [7, 11) is 1.70. The van der Waals surface area contributed by atoms with E-state index in [9.17, 15) is 5.11 Å². The van der Waals surface area contributed by atoms with E-state index >= 15 is 0 Å². The number of rotatable bonds is 9. The number of hydrogen-bond donors (Lipinski definition) is 2. The van der Waals surface area contributed by atoms with Crippen LogP contribution in [0.15, 0.2) is 30.7 Å². The van der Waals surface area contributed by atoms with Crippen molar-refractivity contribution in [2.24, 2.45) is 0 Å². The molecule has 37 heavy (non-hydrogen) atoms. The molecule has 0 aliphatic carbocycles. The van der Waals surface area contributed by atoms with Crippen LogP contribution >= 0.6 is 0 Å². The molecule has 0 spiro atoms. The van der Waals surface area contributed by atoms with E-state index in [1.54, 1.807) is 13.3 Å². The molecule has 2 saturated heterocycles. The fourth-order valence-electron chi connectivity index (χ4n) is 5.14. The molecule has 0 radical (unpaired) electrons. The minimum Gasteiger partial charge on any atom is -0.394 e. The van der Waals surface area contributed by atoms with Crippen LogP contribution in [0.4, 0.5) is 23.4 Å². The van der Waals surface area contributed by atoms with Gasteiger partial charge in [-0.2, -0.15) is 4.98 Å². The van der Waals surface area contributed by atoms with Gasteiger partial charge < -0.3 is 29.7 Å². The van der Waals surface area contributed by atoms with Crippen molar-refractivity contribution in [1.82, 2.24) is 19.9 Å². The van der Waals surface area contributed by atoms with Crippen molar-refractivity contribution in [2.75, 3.05) is 55.1 Å². The second-order valence-corrected chi connectivity index (χ2v) is 10.1. The van der Waals surface area contributed by atoms with Gasteiger partial charge in [-0.15, -0.1) is 0 Å². The number of aliphatic hydroxyl groups excluding tert-OH is 1. The van der Waals surface area contributed by atoms with Crippen molar-refractivity contribution in [1.29, 1.82) is 0 Å². The average Bonchev–Trinajstić information content (AvgIpc) is 2.90. The molecule has 0 amide bonds. The van der Waals surface area contributed by atoms with Crippen molar-refractivity contribution in [3.05, 3.63) is 36.3 Å². The summed E-state index contributed by atoms with van der Waals surface area (Å²) in [5, 5.41) is 14.8. The lowest BCUT2D eigenvalue weighted by molar-refractivity contribution is -0.0707. The van der Waals surface area contributed by atoms with Gasteiger partial charge in [-0.1, -0.05) is 13.8 Å². The molecule has 3 atom stereocenters. The van der Waals surface area contributed by atoms with Gasteiger partial charge in [0.25, 0.3) is 0 Å². The van der Waals surface area contributed by atoms with E-state index in [0.717, 1.165) is 41.9 Å². The van der Waals surface area contributed by atoms with Crippen LogP contribution in [0.2, 0.25) is 0 Å². The quantitative estimate of drug-likeness (QED) is 0.447. The smallest absolute Gasteiger partial charge is 0.227 e. The van der Waals surface area contributed by atoms with Gasteiger partial charge in [0.15, 0.2) is 0 Å².